The predicted octanol–water partition coefficient (Wildman–Crippen LogP) is 2.96. The minimum absolute atomic E-state index is 0.116. The van der Waals surface area contributed by atoms with Gasteiger partial charge in [0.1, 0.15) is 0 Å². The molecule has 1 saturated heterocycles. The van der Waals surface area contributed by atoms with E-state index in [4.69, 9.17) is 9.84 Å². The average Bonchev–Trinajstić information content (AvgIpc) is 3.06. The van der Waals surface area contributed by atoms with Crippen molar-refractivity contribution < 1.29 is 9.53 Å². The lowest BCUT2D eigenvalue weighted by molar-refractivity contribution is 0.0716. The zero-order chi connectivity index (χ0) is 19.9. The number of likely N-dealkylation sites (tertiary alicyclic amines) is 1. The number of nitrogens with zero attached hydrogens (tertiary/aromatic N) is 3. The Labute approximate surface area is 169 Å². The van der Waals surface area contributed by atoms with Crippen molar-refractivity contribution in [1.29, 1.82) is 0 Å². The molecule has 0 saturated carbocycles. The molecule has 1 aliphatic carbocycles. The summed E-state index contributed by atoms with van der Waals surface area (Å²) in [5.74, 6) is 0.116. The van der Waals surface area contributed by atoms with Crippen LogP contribution in [-0.2, 0) is 24.1 Å². The number of piperidine rings is 1. The minimum Gasteiger partial charge on any atom is -0.379 e. The zero-order valence-electron chi connectivity index (χ0n) is 17.6. The van der Waals surface area contributed by atoms with Crippen LogP contribution in [0.3, 0.4) is 0 Å². The number of hydrogen-bond donors (Lipinski definition) is 1. The van der Waals surface area contributed by atoms with Crippen molar-refractivity contribution in [2.24, 2.45) is 0 Å². The van der Waals surface area contributed by atoms with E-state index in [1.54, 1.807) is 0 Å². The summed E-state index contributed by atoms with van der Waals surface area (Å²) in [4.78, 5) is 15.1. The van der Waals surface area contributed by atoms with Gasteiger partial charge in [0.05, 0.1) is 12.6 Å². The lowest BCUT2D eigenvalue weighted by atomic mass is 9.91. The maximum Gasteiger partial charge on any atom is 0.274 e. The first kappa shape index (κ1) is 21.1. The summed E-state index contributed by atoms with van der Waals surface area (Å²) in [5.41, 5.74) is 3.05. The number of amides is 1. The lowest BCUT2D eigenvalue weighted by Crippen LogP contribution is -2.38. The summed E-state index contributed by atoms with van der Waals surface area (Å²) in [7, 11) is 0. The monoisotopic (exact) mass is 388 g/mol. The normalized spacial score (nSPS) is 19.7. The number of hydrogen-bond acceptors (Lipinski definition) is 4. The van der Waals surface area contributed by atoms with Crippen LogP contribution >= 0.6 is 0 Å². The molecule has 1 fully saturated rings. The average molecular weight is 389 g/mol. The second kappa shape index (κ2) is 10.2. The lowest BCUT2D eigenvalue weighted by Gasteiger charge is -2.27. The summed E-state index contributed by atoms with van der Waals surface area (Å²) < 4.78 is 7.61. The molecule has 28 heavy (non-hydrogen) atoms. The molecule has 1 amide bonds. The molecule has 1 aromatic rings. The molecule has 0 spiro atoms. The molecule has 6 heteroatoms. The van der Waals surface area contributed by atoms with E-state index in [0.717, 1.165) is 70.3 Å². The van der Waals surface area contributed by atoms with Crippen LogP contribution in [0.5, 0.6) is 0 Å². The summed E-state index contributed by atoms with van der Waals surface area (Å²) in [5, 5.41) is 8.39. The van der Waals surface area contributed by atoms with E-state index in [-0.39, 0.29) is 12.0 Å². The van der Waals surface area contributed by atoms with Gasteiger partial charge in [-0.05, 0) is 65.3 Å². The first-order valence-corrected chi connectivity index (χ1v) is 10.9. The molecule has 1 aliphatic heterocycles. The number of aromatic nitrogens is 2. The van der Waals surface area contributed by atoms with E-state index in [2.05, 4.69) is 25.7 Å². The van der Waals surface area contributed by atoms with Crippen LogP contribution in [0.25, 0.3) is 0 Å². The first-order valence-electron chi connectivity index (χ1n) is 10.9. The van der Waals surface area contributed by atoms with Gasteiger partial charge in [-0.15, -0.1) is 6.58 Å². The number of carbonyl (C=O) groups excluding carboxylic acids is 1. The molecule has 1 atom stereocenters. The van der Waals surface area contributed by atoms with Gasteiger partial charge in [-0.2, -0.15) is 5.10 Å². The number of carbonyl (C=O) groups is 1. The number of rotatable bonds is 9. The Hall–Kier alpha value is -1.66. The molecule has 0 aromatic carbocycles. The fourth-order valence-electron chi connectivity index (χ4n) is 4.25. The molecule has 0 radical (unpaired) electrons. The highest BCUT2D eigenvalue weighted by Crippen LogP contribution is 2.27. The van der Waals surface area contributed by atoms with Crippen LogP contribution in [0.1, 0.15) is 67.7 Å². The standard InChI is InChI=1S/C22H36N4O2/c1-4-12-26-20-10-9-18(23-11-8-15-28-17(2)3)16-19(20)21(24-26)22(27)25-13-6-5-7-14-25/h4,17-18,23H,1,5-16H2,2-3H3/t18-/m0/s1. The van der Waals surface area contributed by atoms with E-state index in [1.807, 2.05) is 15.7 Å². The highest BCUT2D eigenvalue weighted by molar-refractivity contribution is 5.94. The maximum atomic E-state index is 13.1. The molecular formula is C22H36N4O2. The summed E-state index contributed by atoms with van der Waals surface area (Å²) in [6, 6.07) is 0.404. The second-order valence-corrected chi connectivity index (χ2v) is 8.26. The molecule has 0 bridgehead atoms. The highest BCUT2D eigenvalue weighted by Gasteiger charge is 2.31. The van der Waals surface area contributed by atoms with Gasteiger partial charge in [-0.3, -0.25) is 9.48 Å². The van der Waals surface area contributed by atoms with Crippen molar-refractivity contribution in [2.75, 3.05) is 26.2 Å². The minimum atomic E-state index is 0.116. The Balaban J connectivity index is 1.66. The van der Waals surface area contributed by atoms with Crippen molar-refractivity contribution in [2.45, 2.75) is 77.5 Å². The van der Waals surface area contributed by atoms with Gasteiger partial charge < -0.3 is 15.0 Å². The Kier molecular flexibility index (Phi) is 7.68. The third-order valence-corrected chi connectivity index (χ3v) is 5.70. The third kappa shape index (κ3) is 5.23. The third-order valence-electron chi connectivity index (χ3n) is 5.70. The summed E-state index contributed by atoms with van der Waals surface area (Å²) >= 11 is 0. The van der Waals surface area contributed by atoms with Crippen LogP contribution < -0.4 is 5.32 Å². The van der Waals surface area contributed by atoms with E-state index in [1.165, 1.54) is 12.1 Å². The quantitative estimate of drug-likeness (QED) is 0.522. The molecule has 2 heterocycles. The number of allylic oxidation sites excluding steroid dienone is 1. The molecule has 1 N–H and O–H groups in total. The van der Waals surface area contributed by atoms with Crippen LogP contribution in [0.4, 0.5) is 0 Å². The zero-order valence-corrected chi connectivity index (χ0v) is 17.6. The van der Waals surface area contributed by atoms with Crippen molar-refractivity contribution >= 4 is 5.91 Å². The van der Waals surface area contributed by atoms with Crippen LogP contribution in [0.2, 0.25) is 0 Å². The second-order valence-electron chi connectivity index (χ2n) is 8.26. The highest BCUT2D eigenvalue weighted by atomic mass is 16.5. The van der Waals surface area contributed by atoms with Crippen LogP contribution in [-0.4, -0.2) is 59.0 Å². The predicted molar refractivity (Wildman–Crippen MR) is 112 cm³/mol. The largest absolute Gasteiger partial charge is 0.379 e. The molecular weight excluding hydrogens is 352 g/mol. The number of ether oxygens (including phenoxy) is 1. The van der Waals surface area contributed by atoms with Crippen molar-refractivity contribution in [3.8, 4) is 0 Å². The topological polar surface area (TPSA) is 59.4 Å². The fourth-order valence-corrected chi connectivity index (χ4v) is 4.25. The van der Waals surface area contributed by atoms with E-state index in [9.17, 15) is 4.79 Å². The first-order chi connectivity index (χ1) is 13.6. The maximum absolute atomic E-state index is 13.1. The molecule has 156 valence electrons. The van der Waals surface area contributed by atoms with Gasteiger partial charge >= 0.3 is 0 Å². The van der Waals surface area contributed by atoms with Crippen molar-refractivity contribution in [3.63, 3.8) is 0 Å². The molecule has 0 unspecified atom stereocenters. The van der Waals surface area contributed by atoms with E-state index < -0.39 is 0 Å². The van der Waals surface area contributed by atoms with E-state index >= 15 is 0 Å². The van der Waals surface area contributed by atoms with Gasteiger partial charge in [-0.25, -0.2) is 0 Å². The number of nitrogens with one attached hydrogen (secondary N) is 1. The molecule has 1 aromatic heterocycles. The Bertz CT molecular complexity index is 662. The van der Waals surface area contributed by atoms with Gasteiger partial charge in [0.15, 0.2) is 5.69 Å². The Morgan fingerprint density at radius 3 is 2.86 bits per heavy atom. The smallest absolute Gasteiger partial charge is 0.274 e. The Morgan fingerprint density at radius 1 is 1.36 bits per heavy atom. The van der Waals surface area contributed by atoms with Crippen molar-refractivity contribution in [3.05, 3.63) is 29.6 Å². The molecule has 2 aliphatic rings. The number of fused-ring (bicyclic) bond motifs is 1. The van der Waals surface area contributed by atoms with Gasteiger partial charge in [0.25, 0.3) is 5.91 Å². The van der Waals surface area contributed by atoms with Crippen LogP contribution in [0, 0.1) is 0 Å². The summed E-state index contributed by atoms with van der Waals surface area (Å²) in [6.45, 7) is 12.1. The van der Waals surface area contributed by atoms with E-state index in [0.29, 0.717) is 18.3 Å². The molecule has 6 nitrogen and oxygen atoms in total. The summed E-state index contributed by atoms with van der Waals surface area (Å²) in [6.07, 6.45) is 9.51. The van der Waals surface area contributed by atoms with Gasteiger partial charge in [0, 0.05) is 37.0 Å². The SMILES string of the molecule is C=CCn1nc(C(=O)N2CCCCC2)c2c1CC[C@H](NCCCOC(C)C)C2. The fraction of sp³-hybridized carbons (Fsp3) is 0.727. The van der Waals surface area contributed by atoms with Gasteiger partial charge in [-0.1, -0.05) is 6.08 Å². The van der Waals surface area contributed by atoms with Gasteiger partial charge in [0.2, 0.25) is 0 Å². The molecule has 3 rings (SSSR count). The van der Waals surface area contributed by atoms with Crippen LogP contribution in [0.15, 0.2) is 12.7 Å². The van der Waals surface area contributed by atoms with Crippen molar-refractivity contribution in [1.82, 2.24) is 20.0 Å². The Morgan fingerprint density at radius 2 is 2.14 bits per heavy atom.